The summed E-state index contributed by atoms with van der Waals surface area (Å²) >= 11 is 12.3. The van der Waals surface area contributed by atoms with Crippen LogP contribution in [0, 0.1) is 0 Å². The number of urea groups is 1. The summed E-state index contributed by atoms with van der Waals surface area (Å²) in [5.41, 5.74) is 4.86. The second-order valence-electron chi connectivity index (χ2n) is 9.00. The molecule has 0 atom stereocenters. The quantitative estimate of drug-likeness (QED) is 0.196. The van der Waals surface area contributed by atoms with Gasteiger partial charge < -0.3 is 19.9 Å². The molecule has 0 unspecified atom stereocenters. The van der Waals surface area contributed by atoms with E-state index in [4.69, 9.17) is 27.9 Å². The Morgan fingerprint density at radius 1 is 0.868 bits per heavy atom. The number of para-hydroxylation sites is 1. The molecular weight excluding hydrogens is 517 g/mol. The van der Waals surface area contributed by atoms with Crippen molar-refractivity contribution in [3.8, 4) is 5.75 Å². The minimum Gasteiger partial charge on any atom is -0.489 e. The standard InChI is InChI=1S/C31H27Cl2N3O2/c32-25-12-15-30(28(33)18-25)35-31(37)36(17-16-24-19-34-29-9-5-4-8-27(24)29)20-22-10-13-26(14-11-22)38-21-23-6-2-1-3-7-23/h1-15,18-19,34H,16-17,20-21H2,(H,35,37). The van der Waals surface area contributed by atoms with E-state index in [0.717, 1.165) is 33.3 Å². The molecule has 0 aliphatic heterocycles. The van der Waals surface area contributed by atoms with E-state index < -0.39 is 0 Å². The van der Waals surface area contributed by atoms with Crippen molar-refractivity contribution in [2.45, 2.75) is 19.6 Å². The van der Waals surface area contributed by atoms with Gasteiger partial charge in [-0.3, -0.25) is 0 Å². The lowest BCUT2D eigenvalue weighted by Crippen LogP contribution is -2.36. The molecule has 0 aliphatic rings. The number of rotatable bonds is 9. The molecule has 38 heavy (non-hydrogen) atoms. The zero-order valence-electron chi connectivity index (χ0n) is 20.7. The van der Waals surface area contributed by atoms with Crippen LogP contribution in [0.25, 0.3) is 10.9 Å². The maximum Gasteiger partial charge on any atom is 0.322 e. The molecule has 192 valence electrons. The van der Waals surface area contributed by atoms with Crippen LogP contribution in [0.1, 0.15) is 16.7 Å². The number of nitrogens with one attached hydrogen (secondary N) is 2. The van der Waals surface area contributed by atoms with Crippen LogP contribution in [0.2, 0.25) is 10.0 Å². The number of fused-ring (bicyclic) bond motifs is 1. The van der Waals surface area contributed by atoms with Gasteiger partial charge in [0.05, 0.1) is 10.7 Å². The zero-order chi connectivity index (χ0) is 26.3. The molecule has 5 nitrogen and oxygen atoms in total. The van der Waals surface area contributed by atoms with Crippen LogP contribution >= 0.6 is 23.2 Å². The highest BCUT2D eigenvalue weighted by Crippen LogP contribution is 2.26. The van der Waals surface area contributed by atoms with Crippen molar-refractivity contribution < 1.29 is 9.53 Å². The number of halogens is 2. The fourth-order valence-corrected chi connectivity index (χ4v) is 4.74. The number of carbonyl (C=O) groups is 1. The molecule has 2 amide bonds. The SMILES string of the molecule is O=C(Nc1ccc(Cl)cc1Cl)N(CCc1c[nH]c2ccccc12)Cc1ccc(OCc2ccccc2)cc1. The Labute approximate surface area is 232 Å². The van der Waals surface area contributed by atoms with Crippen molar-refractivity contribution in [1.29, 1.82) is 0 Å². The van der Waals surface area contributed by atoms with Crippen molar-refractivity contribution in [2.75, 3.05) is 11.9 Å². The Hall–Kier alpha value is -3.93. The average molecular weight is 544 g/mol. The normalized spacial score (nSPS) is 10.9. The van der Waals surface area contributed by atoms with Crippen LogP contribution in [0.5, 0.6) is 5.75 Å². The van der Waals surface area contributed by atoms with Gasteiger partial charge in [-0.05, 0) is 59.5 Å². The lowest BCUT2D eigenvalue weighted by molar-refractivity contribution is 0.210. The molecule has 0 radical (unpaired) electrons. The van der Waals surface area contributed by atoms with Crippen LogP contribution in [0.4, 0.5) is 10.5 Å². The maximum absolute atomic E-state index is 13.4. The predicted octanol–water partition coefficient (Wildman–Crippen LogP) is 8.33. The molecule has 0 bridgehead atoms. The van der Waals surface area contributed by atoms with Crippen molar-refractivity contribution in [3.63, 3.8) is 0 Å². The molecule has 2 N–H and O–H groups in total. The number of aromatic amines is 1. The van der Waals surface area contributed by atoms with Crippen LogP contribution < -0.4 is 10.1 Å². The Morgan fingerprint density at radius 3 is 2.42 bits per heavy atom. The van der Waals surface area contributed by atoms with Crippen molar-refractivity contribution in [1.82, 2.24) is 9.88 Å². The fraction of sp³-hybridized carbons (Fsp3) is 0.129. The second-order valence-corrected chi connectivity index (χ2v) is 9.85. The van der Waals surface area contributed by atoms with Gasteiger partial charge in [0, 0.05) is 35.2 Å². The number of ether oxygens (including phenoxy) is 1. The van der Waals surface area contributed by atoms with Crippen LogP contribution in [0.15, 0.2) is 103 Å². The zero-order valence-corrected chi connectivity index (χ0v) is 22.2. The topological polar surface area (TPSA) is 57.4 Å². The first-order chi connectivity index (χ1) is 18.5. The van der Waals surface area contributed by atoms with E-state index in [1.54, 1.807) is 23.1 Å². The molecule has 1 aromatic heterocycles. The number of benzene rings is 4. The van der Waals surface area contributed by atoms with Crippen LogP contribution in [-0.4, -0.2) is 22.5 Å². The Kier molecular flexibility index (Phi) is 8.17. The van der Waals surface area contributed by atoms with Gasteiger partial charge in [0.15, 0.2) is 0 Å². The summed E-state index contributed by atoms with van der Waals surface area (Å²) in [5.74, 6) is 0.778. The Morgan fingerprint density at radius 2 is 1.63 bits per heavy atom. The first-order valence-corrected chi connectivity index (χ1v) is 13.1. The first-order valence-electron chi connectivity index (χ1n) is 12.4. The molecule has 7 heteroatoms. The molecule has 0 spiro atoms. The molecule has 5 rings (SSSR count). The van der Waals surface area contributed by atoms with E-state index in [-0.39, 0.29) is 6.03 Å². The maximum atomic E-state index is 13.4. The molecule has 0 saturated carbocycles. The summed E-state index contributed by atoms with van der Waals surface area (Å²) in [7, 11) is 0. The number of hydrogen-bond acceptors (Lipinski definition) is 2. The monoisotopic (exact) mass is 543 g/mol. The van der Waals surface area contributed by atoms with Gasteiger partial charge in [0.25, 0.3) is 0 Å². The van der Waals surface area contributed by atoms with E-state index in [0.29, 0.717) is 41.8 Å². The van der Waals surface area contributed by atoms with Gasteiger partial charge in [-0.2, -0.15) is 0 Å². The number of aromatic nitrogens is 1. The van der Waals surface area contributed by atoms with E-state index in [2.05, 4.69) is 16.4 Å². The molecule has 1 heterocycles. The predicted molar refractivity (Wildman–Crippen MR) is 155 cm³/mol. The molecular formula is C31H27Cl2N3O2. The third-order valence-electron chi connectivity index (χ3n) is 6.33. The summed E-state index contributed by atoms with van der Waals surface area (Å²) in [4.78, 5) is 18.5. The number of nitrogens with zero attached hydrogens (tertiary/aromatic N) is 1. The van der Waals surface area contributed by atoms with Crippen molar-refractivity contribution in [3.05, 3.63) is 130 Å². The highest BCUT2D eigenvalue weighted by atomic mass is 35.5. The Balaban J connectivity index is 1.29. The second kappa shape index (κ2) is 12.1. The van der Waals surface area contributed by atoms with Gasteiger partial charge in [0.2, 0.25) is 0 Å². The van der Waals surface area contributed by atoms with Crippen molar-refractivity contribution >= 4 is 45.8 Å². The summed E-state index contributed by atoms with van der Waals surface area (Å²) < 4.78 is 5.92. The molecule has 0 aliphatic carbocycles. The number of carbonyl (C=O) groups excluding carboxylic acids is 1. The number of hydrogen-bond donors (Lipinski definition) is 2. The van der Waals surface area contributed by atoms with Crippen LogP contribution in [0.3, 0.4) is 0 Å². The van der Waals surface area contributed by atoms with Gasteiger partial charge in [-0.15, -0.1) is 0 Å². The van der Waals surface area contributed by atoms with Crippen molar-refractivity contribution in [2.24, 2.45) is 0 Å². The smallest absolute Gasteiger partial charge is 0.322 e. The number of H-pyrrole nitrogens is 1. The highest BCUT2D eigenvalue weighted by Gasteiger charge is 2.17. The molecule has 0 fully saturated rings. The minimum atomic E-state index is -0.238. The summed E-state index contributed by atoms with van der Waals surface area (Å²) in [5, 5.41) is 5.00. The van der Waals surface area contributed by atoms with Gasteiger partial charge >= 0.3 is 6.03 Å². The van der Waals surface area contributed by atoms with E-state index in [1.807, 2.05) is 79.0 Å². The third-order valence-corrected chi connectivity index (χ3v) is 6.88. The van der Waals surface area contributed by atoms with E-state index >= 15 is 0 Å². The van der Waals surface area contributed by atoms with Gasteiger partial charge in [-0.25, -0.2) is 4.79 Å². The molecule has 0 saturated heterocycles. The average Bonchev–Trinajstić information content (AvgIpc) is 3.35. The third kappa shape index (κ3) is 6.49. The lowest BCUT2D eigenvalue weighted by atomic mass is 10.1. The van der Waals surface area contributed by atoms with E-state index in [1.165, 1.54) is 0 Å². The Bertz CT molecular complexity index is 1520. The first kappa shape index (κ1) is 25.7. The van der Waals surface area contributed by atoms with Gasteiger partial charge in [0.1, 0.15) is 12.4 Å². The molecule has 5 aromatic rings. The largest absolute Gasteiger partial charge is 0.489 e. The number of amides is 2. The fourth-order valence-electron chi connectivity index (χ4n) is 4.28. The molecule has 4 aromatic carbocycles. The van der Waals surface area contributed by atoms with Crippen LogP contribution in [-0.2, 0) is 19.6 Å². The summed E-state index contributed by atoms with van der Waals surface area (Å²) in [6.45, 7) is 1.45. The summed E-state index contributed by atoms with van der Waals surface area (Å²) in [6.07, 6.45) is 2.71. The number of anilines is 1. The minimum absolute atomic E-state index is 0.238. The van der Waals surface area contributed by atoms with E-state index in [9.17, 15) is 4.79 Å². The lowest BCUT2D eigenvalue weighted by Gasteiger charge is -2.24. The van der Waals surface area contributed by atoms with Gasteiger partial charge in [-0.1, -0.05) is 83.9 Å². The highest BCUT2D eigenvalue weighted by molar-refractivity contribution is 6.36. The summed E-state index contributed by atoms with van der Waals surface area (Å²) in [6, 6.07) is 30.8.